The van der Waals surface area contributed by atoms with Crippen molar-refractivity contribution in [2.45, 2.75) is 59.0 Å². The van der Waals surface area contributed by atoms with E-state index in [1.165, 1.54) is 17.0 Å². The SMILES string of the molecule is Cc1cccc(CN(C(=O)CN(c2cc(C)cc(C)c2)S(=O)(=O)c2ccccc2)C(C)C(=O)NCC(C)C)c1. The van der Waals surface area contributed by atoms with E-state index in [1.807, 2.05) is 65.0 Å². The fourth-order valence-electron chi connectivity index (χ4n) is 4.39. The van der Waals surface area contributed by atoms with Crippen LogP contribution in [-0.4, -0.2) is 44.3 Å². The Bertz CT molecular complexity index is 1380. The van der Waals surface area contributed by atoms with Crippen molar-refractivity contribution in [3.8, 4) is 0 Å². The van der Waals surface area contributed by atoms with Gasteiger partial charge in [0.15, 0.2) is 0 Å². The Labute approximate surface area is 232 Å². The third kappa shape index (κ3) is 7.93. The van der Waals surface area contributed by atoms with Gasteiger partial charge in [-0.2, -0.15) is 0 Å². The number of nitrogens with one attached hydrogen (secondary N) is 1. The maximum absolute atomic E-state index is 14.0. The number of amides is 2. The van der Waals surface area contributed by atoms with Crippen LogP contribution in [0, 0.1) is 26.7 Å². The maximum atomic E-state index is 14.0. The molecule has 0 fully saturated rings. The zero-order valence-electron chi connectivity index (χ0n) is 23.6. The van der Waals surface area contributed by atoms with E-state index in [0.29, 0.717) is 12.2 Å². The zero-order valence-corrected chi connectivity index (χ0v) is 24.5. The number of anilines is 1. The van der Waals surface area contributed by atoms with Crippen molar-refractivity contribution in [3.05, 3.63) is 95.1 Å². The highest BCUT2D eigenvalue weighted by atomic mass is 32.2. The van der Waals surface area contributed by atoms with E-state index < -0.39 is 28.5 Å². The highest BCUT2D eigenvalue weighted by Gasteiger charge is 2.32. The summed E-state index contributed by atoms with van der Waals surface area (Å²) in [4.78, 5) is 28.6. The number of nitrogens with zero attached hydrogens (tertiary/aromatic N) is 2. The molecular weight excluding hydrogens is 510 g/mol. The van der Waals surface area contributed by atoms with Gasteiger partial charge in [0.1, 0.15) is 12.6 Å². The summed E-state index contributed by atoms with van der Waals surface area (Å²) in [5.41, 5.74) is 4.04. The van der Waals surface area contributed by atoms with E-state index in [4.69, 9.17) is 0 Å². The van der Waals surface area contributed by atoms with E-state index in [1.54, 1.807) is 37.3 Å². The number of carbonyl (C=O) groups is 2. The van der Waals surface area contributed by atoms with Crippen LogP contribution >= 0.6 is 0 Å². The summed E-state index contributed by atoms with van der Waals surface area (Å²) in [5.74, 6) is -0.505. The molecule has 39 heavy (non-hydrogen) atoms. The molecule has 208 valence electrons. The van der Waals surface area contributed by atoms with Gasteiger partial charge in [-0.3, -0.25) is 13.9 Å². The van der Waals surface area contributed by atoms with Crippen LogP contribution in [0.25, 0.3) is 0 Å². The van der Waals surface area contributed by atoms with Gasteiger partial charge in [-0.1, -0.05) is 67.9 Å². The van der Waals surface area contributed by atoms with Gasteiger partial charge < -0.3 is 10.2 Å². The molecule has 0 aliphatic rings. The number of carbonyl (C=O) groups excluding carboxylic acids is 2. The first kappa shape index (κ1) is 29.9. The van der Waals surface area contributed by atoms with Crippen LogP contribution in [0.5, 0.6) is 0 Å². The molecule has 0 radical (unpaired) electrons. The second-order valence-corrected chi connectivity index (χ2v) is 12.4. The van der Waals surface area contributed by atoms with Crippen molar-refractivity contribution < 1.29 is 18.0 Å². The minimum atomic E-state index is -4.08. The molecule has 0 spiro atoms. The van der Waals surface area contributed by atoms with Crippen LogP contribution in [-0.2, 0) is 26.2 Å². The summed E-state index contributed by atoms with van der Waals surface area (Å²) in [6, 6.07) is 20.4. The number of sulfonamides is 1. The minimum Gasteiger partial charge on any atom is -0.354 e. The summed E-state index contributed by atoms with van der Waals surface area (Å²) >= 11 is 0. The van der Waals surface area contributed by atoms with Gasteiger partial charge in [-0.25, -0.2) is 8.42 Å². The molecular formula is C31H39N3O4S. The molecule has 0 aliphatic heterocycles. The number of rotatable bonds is 11. The predicted molar refractivity (Wildman–Crippen MR) is 156 cm³/mol. The van der Waals surface area contributed by atoms with E-state index in [0.717, 1.165) is 26.6 Å². The summed E-state index contributed by atoms with van der Waals surface area (Å²) in [6.45, 7) is 11.6. The number of hydrogen-bond acceptors (Lipinski definition) is 4. The Morgan fingerprint density at radius 3 is 2.05 bits per heavy atom. The molecule has 1 unspecified atom stereocenters. The normalized spacial score (nSPS) is 12.2. The first-order chi connectivity index (χ1) is 18.4. The van der Waals surface area contributed by atoms with Crippen molar-refractivity contribution in [2.24, 2.45) is 5.92 Å². The fraction of sp³-hybridized carbons (Fsp3) is 0.355. The summed E-state index contributed by atoms with van der Waals surface area (Å²) in [5, 5.41) is 2.91. The van der Waals surface area contributed by atoms with Crippen molar-refractivity contribution in [3.63, 3.8) is 0 Å². The second-order valence-electron chi connectivity index (χ2n) is 10.5. The van der Waals surface area contributed by atoms with Crippen LogP contribution in [0.2, 0.25) is 0 Å². The molecule has 1 N–H and O–H groups in total. The highest BCUT2D eigenvalue weighted by Crippen LogP contribution is 2.26. The first-order valence-electron chi connectivity index (χ1n) is 13.2. The Balaban J connectivity index is 2.03. The molecule has 0 heterocycles. The minimum absolute atomic E-state index is 0.0879. The molecule has 0 bridgehead atoms. The lowest BCUT2D eigenvalue weighted by Crippen LogP contribution is -2.51. The van der Waals surface area contributed by atoms with Gasteiger partial charge in [0.2, 0.25) is 11.8 Å². The van der Waals surface area contributed by atoms with Crippen LogP contribution in [0.1, 0.15) is 43.0 Å². The molecule has 0 saturated heterocycles. The van der Waals surface area contributed by atoms with Crippen molar-refractivity contribution in [1.82, 2.24) is 10.2 Å². The lowest BCUT2D eigenvalue weighted by molar-refractivity contribution is -0.139. The third-order valence-electron chi connectivity index (χ3n) is 6.39. The van der Waals surface area contributed by atoms with Gasteiger partial charge in [0, 0.05) is 13.1 Å². The highest BCUT2D eigenvalue weighted by molar-refractivity contribution is 7.92. The number of benzene rings is 3. The Morgan fingerprint density at radius 1 is 0.821 bits per heavy atom. The van der Waals surface area contributed by atoms with Crippen molar-refractivity contribution in [2.75, 3.05) is 17.4 Å². The molecule has 3 aromatic rings. The quantitative estimate of drug-likeness (QED) is 0.365. The molecule has 2 amide bonds. The van der Waals surface area contributed by atoms with Crippen molar-refractivity contribution in [1.29, 1.82) is 0 Å². The van der Waals surface area contributed by atoms with Gasteiger partial charge in [0.05, 0.1) is 10.6 Å². The lowest BCUT2D eigenvalue weighted by atomic mass is 10.1. The average molecular weight is 550 g/mol. The molecule has 0 aliphatic carbocycles. The number of hydrogen-bond donors (Lipinski definition) is 1. The van der Waals surface area contributed by atoms with Crippen molar-refractivity contribution >= 4 is 27.5 Å². The number of aryl methyl sites for hydroxylation is 3. The predicted octanol–water partition coefficient (Wildman–Crippen LogP) is 5.00. The van der Waals surface area contributed by atoms with Gasteiger partial charge in [-0.05, 0) is 74.6 Å². The first-order valence-corrected chi connectivity index (χ1v) is 14.6. The Kier molecular flexibility index (Phi) is 9.92. The molecule has 3 aromatic carbocycles. The largest absolute Gasteiger partial charge is 0.354 e. The third-order valence-corrected chi connectivity index (χ3v) is 8.18. The van der Waals surface area contributed by atoms with Crippen LogP contribution in [0.3, 0.4) is 0 Å². The van der Waals surface area contributed by atoms with Crippen LogP contribution in [0.15, 0.2) is 77.7 Å². The average Bonchev–Trinajstić information content (AvgIpc) is 2.88. The van der Waals surface area contributed by atoms with Gasteiger partial charge in [0.25, 0.3) is 10.0 Å². The van der Waals surface area contributed by atoms with E-state index in [-0.39, 0.29) is 23.3 Å². The molecule has 7 nitrogen and oxygen atoms in total. The standard InChI is InChI=1S/C31H39N3O4S/c1-22(2)19-32-31(36)26(6)33(20-27-12-10-11-23(3)16-27)30(35)21-34(28-17-24(4)15-25(5)18-28)39(37,38)29-13-8-7-9-14-29/h7-18,22,26H,19-21H2,1-6H3,(H,32,36). The monoisotopic (exact) mass is 549 g/mol. The maximum Gasteiger partial charge on any atom is 0.264 e. The van der Waals surface area contributed by atoms with Crippen LogP contribution in [0.4, 0.5) is 5.69 Å². The molecule has 3 rings (SSSR count). The zero-order chi connectivity index (χ0) is 28.7. The summed E-state index contributed by atoms with van der Waals surface area (Å²) < 4.78 is 28.9. The smallest absolute Gasteiger partial charge is 0.264 e. The van der Waals surface area contributed by atoms with Crippen LogP contribution < -0.4 is 9.62 Å². The summed E-state index contributed by atoms with van der Waals surface area (Å²) in [7, 11) is -4.08. The second kappa shape index (κ2) is 12.9. The molecule has 8 heteroatoms. The van der Waals surface area contributed by atoms with Gasteiger partial charge in [-0.15, -0.1) is 0 Å². The topological polar surface area (TPSA) is 86.8 Å². The molecule has 0 aromatic heterocycles. The van der Waals surface area contributed by atoms with Gasteiger partial charge >= 0.3 is 0 Å². The van der Waals surface area contributed by atoms with E-state index in [9.17, 15) is 18.0 Å². The Hall–Kier alpha value is -3.65. The Morgan fingerprint density at radius 2 is 1.46 bits per heavy atom. The van der Waals surface area contributed by atoms with E-state index in [2.05, 4.69) is 5.32 Å². The molecule has 1 atom stereocenters. The lowest BCUT2D eigenvalue weighted by Gasteiger charge is -2.32. The van der Waals surface area contributed by atoms with E-state index >= 15 is 0 Å². The molecule has 0 saturated carbocycles. The fourth-order valence-corrected chi connectivity index (χ4v) is 5.80. The summed E-state index contributed by atoms with van der Waals surface area (Å²) in [6.07, 6.45) is 0.